The Morgan fingerprint density at radius 1 is 1.59 bits per heavy atom. The smallest absolute Gasteiger partial charge is 0.261 e. The number of hydrogen-bond acceptors (Lipinski definition) is 5. The minimum absolute atomic E-state index is 0.00291. The number of anilines is 1. The Morgan fingerprint density at radius 2 is 2.29 bits per heavy atom. The van der Waals surface area contributed by atoms with E-state index in [1.807, 2.05) is 0 Å². The van der Waals surface area contributed by atoms with E-state index in [1.54, 1.807) is 6.92 Å². The molecule has 2 aromatic heterocycles. The van der Waals surface area contributed by atoms with Crippen LogP contribution in [-0.2, 0) is 10.0 Å². The molecule has 0 aliphatic heterocycles. The number of aromatic amines is 1. The van der Waals surface area contributed by atoms with Gasteiger partial charge in [0.1, 0.15) is 10.0 Å². The van der Waals surface area contributed by atoms with Gasteiger partial charge in [-0.2, -0.15) is 4.98 Å². The summed E-state index contributed by atoms with van der Waals surface area (Å²) in [6.45, 7) is 1.67. The van der Waals surface area contributed by atoms with E-state index in [0.717, 1.165) is 11.3 Å². The first-order chi connectivity index (χ1) is 7.88. The third-order valence-electron chi connectivity index (χ3n) is 1.71. The second kappa shape index (κ2) is 4.56. The number of halogens is 2. The maximum absolute atomic E-state index is 11.9. The molecular formula is C7H6BrClN4O2S2. The molecule has 0 radical (unpaired) electrons. The number of nitrogens with zero attached hydrogens (tertiary/aromatic N) is 2. The van der Waals surface area contributed by atoms with Crippen LogP contribution in [0.3, 0.4) is 0 Å². The van der Waals surface area contributed by atoms with Crippen LogP contribution in [0.2, 0.25) is 5.02 Å². The van der Waals surface area contributed by atoms with Crippen molar-refractivity contribution in [3.05, 3.63) is 20.7 Å². The van der Waals surface area contributed by atoms with Crippen LogP contribution < -0.4 is 4.72 Å². The maximum Gasteiger partial charge on any atom is 0.273 e. The first kappa shape index (κ1) is 12.8. The lowest BCUT2D eigenvalue weighted by Gasteiger charge is -2.00. The normalized spacial score (nSPS) is 11.7. The minimum atomic E-state index is -3.69. The average molecular weight is 358 g/mol. The summed E-state index contributed by atoms with van der Waals surface area (Å²) in [7, 11) is -3.69. The molecule has 0 spiro atoms. The molecule has 0 aliphatic rings. The summed E-state index contributed by atoms with van der Waals surface area (Å²) in [5, 5.41) is 6.58. The number of rotatable bonds is 3. The first-order valence-electron chi connectivity index (χ1n) is 4.25. The van der Waals surface area contributed by atoms with E-state index in [2.05, 4.69) is 35.8 Å². The van der Waals surface area contributed by atoms with E-state index in [1.165, 1.54) is 6.07 Å². The molecular weight excluding hydrogens is 352 g/mol. The van der Waals surface area contributed by atoms with Crippen LogP contribution >= 0.6 is 38.9 Å². The van der Waals surface area contributed by atoms with Gasteiger partial charge in [-0.05, 0) is 28.9 Å². The largest absolute Gasteiger partial charge is 0.273 e. The van der Waals surface area contributed by atoms with Gasteiger partial charge < -0.3 is 0 Å². The number of hydrogen-bond donors (Lipinski definition) is 2. The van der Waals surface area contributed by atoms with Crippen molar-refractivity contribution in [2.75, 3.05) is 4.72 Å². The fourth-order valence-corrected chi connectivity index (χ4v) is 4.36. The Morgan fingerprint density at radius 3 is 2.76 bits per heavy atom. The van der Waals surface area contributed by atoms with Crippen molar-refractivity contribution < 1.29 is 8.42 Å². The second-order valence-electron chi connectivity index (χ2n) is 3.04. The molecule has 0 saturated carbocycles. The zero-order valence-corrected chi connectivity index (χ0v) is 12.3. The van der Waals surface area contributed by atoms with Crippen LogP contribution in [0, 0.1) is 6.92 Å². The van der Waals surface area contributed by atoms with Gasteiger partial charge in [0.25, 0.3) is 16.0 Å². The monoisotopic (exact) mass is 356 g/mol. The Bertz CT molecular complexity index is 631. The van der Waals surface area contributed by atoms with Gasteiger partial charge in [-0.1, -0.05) is 11.6 Å². The van der Waals surface area contributed by atoms with Gasteiger partial charge in [-0.25, -0.2) is 13.1 Å². The topological polar surface area (TPSA) is 87.7 Å². The van der Waals surface area contributed by atoms with Crippen molar-refractivity contribution in [1.82, 2.24) is 15.2 Å². The highest BCUT2D eigenvalue weighted by atomic mass is 79.9. The fourth-order valence-electron chi connectivity index (χ4n) is 1.02. The van der Waals surface area contributed by atoms with Gasteiger partial charge >= 0.3 is 0 Å². The summed E-state index contributed by atoms with van der Waals surface area (Å²) in [5.74, 6) is 0.524. The summed E-state index contributed by atoms with van der Waals surface area (Å²) < 4.78 is 26.7. The first-order valence-corrected chi connectivity index (χ1v) is 7.72. The molecule has 0 fully saturated rings. The highest BCUT2D eigenvalue weighted by molar-refractivity contribution is 9.11. The minimum Gasteiger partial charge on any atom is -0.261 e. The zero-order chi connectivity index (χ0) is 12.6. The van der Waals surface area contributed by atoms with Crippen LogP contribution in [0.4, 0.5) is 5.95 Å². The summed E-state index contributed by atoms with van der Waals surface area (Å²) >= 11 is 9.95. The van der Waals surface area contributed by atoms with E-state index >= 15 is 0 Å². The molecule has 17 heavy (non-hydrogen) atoms. The van der Waals surface area contributed by atoms with Gasteiger partial charge in [0.05, 0.1) is 8.81 Å². The van der Waals surface area contributed by atoms with E-state index in [-0.39, 0.29) is 10.2 Å². The highest BCUT2D eigenvalue weighted by Crippen LogP contribution is 2.34. The lowest BCUT2D eigenvalue weighted by molar-refractivity contribution is 0.603. The molecule has 2 heterocycles. The Hall–Kier alpha value is -0.640. The molecule has 0 bridgehead atoms. The number of aryl methyl sites for hydroxylation is 1. The quantitative estimate of drug-likeness (QED) is 0.883. The molecule has 0 amide bonds. The highest BCUT2D eigenvalue weighted by Gasteiger charge is 2.20. The average Bonchev–Trinajstić information content (AvgIpc) is 2.75. The van der Waals surface area contributed by atoms with Crippen LogP contribution in [0.15, 0.2) is 14.1 Å². The summed E-state index contributed by atoms with van der Waals surface area (Å²) in [6.07, 6.45) is 0. The van der Waals surface area contributed by atoms with Crippen molar-refractivity contribution in [3.8, 4) is 0 Å². The Labute approximate surface area is 115 Å². The van der Waals surface area contributed by atoms with Gasteiger partial charge in [0.15, 0.2) is 0 Å². The zero-order valence-electron chi connectivity index (χ0n) is 8.36. The molecule has 2 rings (SSSR count). The SMILES string of the molecule is Cc1nc(NS(=O)(=O)c2cc(Cl)c(Br)s2)n[nH]1. The van der Waals surface area contributed by atoms with Crippen molar-refractivity contribution in [3.63, 3.8) is 0 Å². The molecule has 6 nitrogen and oxygen atoms in total. The molecule has 0 atom stereocenters. The maximum atomic E-state index is 11.9. The Balaban J connectivity index is 2.31. The molecule has 2 N–H and O–H groups in total. The summed E-state index contributed by atoms with van der Waals surface area (Å²) in [6, 6.07) is 1.36. The van der Waals surface area contributed by atoms with Crippen LogP contribution in [0.1, 0.15) is 5.82 Å². The lowest BCUT2D eigenvalue weighted by Crippen LogP contribution is -2.12. The Kier molecular flexibility index (Phi) is 3.43. The van der Waals surface area contributed by atoms with Gasteiger partial charge in [0.2, 0.25) is 0 Å². The third kappa shape index (κ3) is 2.79. The summed E-state index contributed by atoms with van der Waals surface area (Å²) in [5.41, 5.74) is 0. The molecule has 10 heteroatoms. The number of sulfonamides is 1. The number of H-pyrrole nitrogens is 1. The molecule has 0 aliphatic carbocycles. The molecule has 92 valence electrons. The van der Waals surface area contributed by atoms with E-state index in [0.29, 0.717) is 14.6 Å². The predicted octanol–water partition coefficient (Wildman–Crippen LogP) is 2.39. The predicted molar refractivity (Wildman–Crippen MR) is 69.0 cm³/mol. The van der Waals surface area contributed by atoms with Crippen molar-refractivity contribution in [1.29, 1.82) is 0 Å². The third-order valence-corrected chi connectivity index (χ3v) is 5.99. The molecule has 0 unspecified atom stereocenters. The van der Waals surface area contributed by atoms with Gasteiger partial charge in [0, 0.05) is 0 Å². The fraction of sp³-hybridized carbons (Fsp3) is 0.143. The molecule has 2 aromatic rings. The van der Waals surface area contributed by atoms with Gasteiger partial charge in [-0.15, -0.1) is 16.4 Å². The van der Waals surface area contributed by atoms with Crippen LogP contribution in [0.25, 0.3) is 0 Å². The van der Waals surface area contributed by atoms with Crippen LogP contribution in [0.5, 0.6) is 0 Å². The van der Waals surface area contributed by atoms with Crippen molar-refractivity contribution in [2.45, 2.75) is 11.1 Å². The number of aromatic nitrogens is 3. The van der Waals surface area contributed by atoms with Gasteiger partial charge in [-0.3, -0.25) is 5.10 Å². The van der Waals surface area contributed by atoms with Crippen molar-refractivity contribution >= 4 is 54.8 Å². The van der Waals surface area contributed by atoms with E-state index in [9.17, 15) is 8.42 Å². The van der Waals surface area contributed by atoms with Crippen LogP contribution in [-0.4, -0.2) is 23.6 Å². The van der Waals surface area contributed by atoms with Crippen molar-refractivity contribution in [2.24, 2.45) is 0 Å². The summed E-state index contributed by atoms with van der Waals surface area (Å²) in [4.78, 5) is 3.85. The number of nitrogens with one attached hydrogen (secondary N) is 2. The van der Waals surface area contributed by atoms with E-state index in [4.69, 9.17) is 11.6 Å². The number of thiophene rings is 1. The lowest BCUT2D eigenvalue weighted by atomic mass is 10.7. The standard InChI is InChI=1S/C7H6BrClN4O2S2/c1-3-10-7(12-11-3)13-17(14,15)5-2-4(9)6(8)16-5/h2H,1H3,(H2,10,11,12,13). The molecule has 0 aromatic carbocycles. The second-order valence-corrected chi connectivity index (χ2v) is 7.72. The molecule has 0 saturated heterocycles. The van der Waals surface area contributed by atoms with E-state index < -0.39 is 10.0 Å².